The first kappa shape index (κ1) is 20.5. The lowest BCUT2D eigenvalue weighted by Crippen LogP contribution is -2.43. The van der Waals surface area contributed by atoms with Crippen molar-refractivity contribution in [2.24, 2.45) is 16.3 Å². The Bertz CT molecular complexity index is 425. The highest BCUT2D eigenvalue weighted by atomic mass is 127. The highest BCUT2D eigenvalue weighted by Gasteiger charge is 2.30. The van der Waals surface area contributed by atoms with Crippen molar-refractivity contribution in [3.8, 4) is 0 Å². The van der Waals surface area contributed by atoms with E-state index in [2.05, 4.69) is 36.0 Å². The Hall–Kier alpha value is -0.530. The van der Waals surface area contributed by atoms with E-state index in [-0.39, 0.29) is 29.9 Å². The number of likely N-dealkylation sites (tertiary alicyclic amines) is 2. The third kappa shape index (κ3) is 6.12. The van der Waals surface area contributed by atoms with E-state index < -0.39 is 0 Å². The number of nitrogens with one attached hydrogen (secondary N) is 1. The van der Waals surface area contributed by atoms with Gasteiger partial charge in [0.1, 0.15) is 0 Å². The van der Waals surface area contributed by atoms with E-state index in [1.807, 2.05) is 11.9 Å². The van der Waals surface area contributed by atoms with Crippen LogP contribution < -0.4 is 5.32 Å². The molecule has 134 valence electrons. The molecular formula is C17H33IN4O. The number of rotatable bonds is 3. The number of carbonyl (C=O) groups excluding carboxylic acids is 1. The third-order valence-electron chi connectivity index (χ3n) is 4.82. The van der Waals surface area contributed by atoms with Crippen LogP contribution in [-0.4, -0.2) is 61.4 Å². The zero-order valence-electron chi connectivity index (χ0n) is 15.1. The summed E-state index contributed by atoms with van der Waals surface area (Å²) >= 11 is 0. The summed E-state index contributed by atoms with van der Waals surface area (Å²) in [7, 11) is 1.82. The van der Waals surface area contributed by atoms with Crippen LogP contribution >= 0.6 is 24.0 Å². The number of piperidine rings is 1. The van der Waals surface area contributed by atoms with Gasteiger partial charge in [-0.15, -0.1) is 24.0 Å². The van der Waals surface area contributed by atoms with Crippen molar-refractivity contribution in [1.29, 1.82) is 0 Å². The third-order valence-corrected chi connectivity index (χ3v) is 4.82. The van der Waals surface area contributed by atoms with E-state index in [4.69, 9.17) is 0 Å². The van der Waals surface area contributed by atoms with Gasteiger partial charge in [-0.1, -0.05) is 20.8 Å². The van der Waals surface area contributed by atoms with Gasteiger partial charge in [-0.25, -0.2) is 0 Å². The predicted molar refractivity (Wildman–Crippen MR) is 106 cm³/mol. The van der Waals surface area contributed by atoms with E-state index in [0.29, 0.717) is 24.3 Å². The zero-order chi connectivity index (χ0) is 16.2. The molecule has 6 heteroatoms. The minimum absolute atomic E-state index is 0. The van der Waals surface area contributed by atoms with Crippen LogP contribution in [0.2, 0.25) is 0 Å². The standard InChI is InChI=1S/C17H32N4O.HI/c1-14-6-5-10-20(12-14)15(22)7-9-19-16(18-4)21-11-8-17(2,3)13-21;/h14H,5-13H2,1-4H3,(H,18,19);1H. The molecule has 0 aromatic carbocycles. The van der Waals surface area contributed by atoms with Crippen molar-refractivity contribution >= 4 is 35.8 Å². The second kappa shape index (κ2) is 9.08. The molecular weight excluding hydrogens is 403 g/mol. The molecule has 0 aliphatic carbocycles. The average molecular weight is 436 g/mol. The monoisotopic (exact) mass is 436 g/mol. The molecule has 1 atom stereocenters. The van der Waals surface area contributed by atoms with Crippen molar-refractivity contribution in [2.45, 2.75) is 46.5 Å². The first-order valence-corrected chi connectivity index (χ1v) is 8.65. The van der Waals surface area contributed by atoms with Crippen LogP contribution in [0.1, 0.15) is 46.5 Å². The lowest BCUT2D eigenvalue weighted by molar-refractivity contribution is -0.132. The molecule has 0 aromatic heterocycles. The highest BCUT2D eigenvalue weighted by Crippen LogP contribution is 2.28. The number of hydrogen-bond donors (Lipinski definition) is 1. The van der Waals surface area contributed by atoms with E-state index in [1.54, 1.807) is 0 Å². The fraction of sp³-hybridized carbons (Fsp3) is 0.882. The quantitative estimate of drug-likeness (QED) is 0.420. The minimum atomic E-state index is 0. The molecule has 2 fully saturated rings. The van der Waals surface area contributed by atoms with E-state index >= 15 is 0 Å². The average Bonchev–Trinajstić information content (AvgIpc) is 2.83. The number of nitrogens with zero attached hydrogens (tertiary/aromatic N) is 3. The predicted octanol–water partition coefficient (Wildman–Crippen LogP) is 2.56. The zero-order valence-corrected chi connectivity index (χ0v) is 17.4. The minimum Gasteiger partial charge on any atom is -0.356 e. The molecule has 2 aliphatic rings. The van der Waals surface area contributed by atoms with Gasteiger partial charge in [0, 0.05) is 46.2 Å². The first-order valence-electron chi connectivity index (χ1n) is 8.65. The van der Waals surface area contributed by atoms with Crippen LogP contribution in [0.4, 0.5) is 0 Å². The van der Waals surface area contributed by atoms with Crippen LogP contribution in [0.5, 0.6) is 0 Å². The summed E-state index contributed by atoms with van der Waals surface area (Å²) in [6, 6.07) is 0. The van der Waals surface area contributed by atoms with Crippen molar-refractivity contribution < 1.29 is 4.79 Å². The normalized spacial score (nSPS) is 24.3. The van der Waals surface area contributed by atoms with Gasteiger partial charge >= 0.3 is 0 Å². The van der Waals surface area contributed by atoms with Crippen molar-refractivity contribution in [3.05, 3.63) is 0 Å². The van der Waals surface area contributed by atoms with Gasteiger partial charge in [-0.3, -0.25) is 9.79 Å². The summed E-state index contributed by atoms with van der Waals surface area (Å²) < 4.78 is 0. The van der Waals surface area contributed by atoms with Gasteiger partial charge in [-0.2, -0.15) is 0 Å². The van der Waals surface area contributed by atoms with E-state index in [0.717, 1.165) is 38.6 Å². The number of guanidine groups is 1. The Morgan fingerprint density at radius 3 is 2.61 bits per heavy atom. The van der Waals surface area contributed by atoms with Crippen LogP contribution in [0.15, 0.2) is 4.99 Å². The maximum atomic E-state index is 12.3. The van der Waals surface area contributed by atoms with Gasteiger partial charge in [-0.05, 0) is 30.6 Å². The number of halogens is 1. The number of hydrogen-bond acceptors (Lipinski definition) is 2. The lowest BCUT2D eigenvalue weighted by atomic mass is 9.93. The molecule has 5 nitrogen and oxygen atoms in total. The van der Waals surface area contributed by atoms with E-state index in [1.165, 1.54) is 12.8 Å². The Morgan fingerprint density at radius 1 is 1.30 bits per heavy atom. The summed E-state index contributed by atoms with van der Waals surface area (Å²) in [6.45, 7) is 11.4. The lowest BCUT2D eigenvalue weighted by Gasteiger charge is -2.31. The molecule has 0 saturated carbocycles. The van der Waals surface area contributed by atoms with Gasteiger partial charge < -0.3 is 15.1 Å². The molecule has 0 bridgehead atoms. The Labute approximate surface area is 158 Å². The maximum Gasteiger partial charge on any atom is 0.224 e. The molecule has 2 rings (SSSR count). The van der Waals surface area contributed by atoms with Gasteiger partial charge in [0.05, 0.1) is 0 Å². The van der Waals surface area contributed by atoms with Gasteiger partial charge in [0.25, 0.3) is 0 Å². The second-order valence-electron chi connectivity index (χ2n) is 7.65. The number of aliphatic imine (C=N–C) groups is 1. The Morgan fingerprint density at radius 2 is 2.04 bits per heavy atom. The summed E-state index contributed by atoms with van der Waals surface area (Å²) in [5.41, 5.74) is 0.359. The summed E-state index contributed by atoms with van der Waals surface area (Å²) in [6.07, 6.45) is 4.14. The van der Waals surface area contributed by atoms with Crippen LogP contribution in [0.25, 0.3) is 0 Å². The first-order chi connectivity index (χ1) is 10.4. The van der Waals surface area contributed by atoms with Crippen molar-refractivity contribution in [3.63, 3.8) is 0 Å². The molecule has 0 aromatic rings. The molecule has 2 aliphatic heterocycles. The summed E-state index contributed by atoms with van der Waals surface area (Å²) in [5.74, 6) is 1.85. The molecule has 23 heavy (non-hydrogen) atoms. The summed E-state index contributed by atoms with van der Waals surface area (Å²) in [5, 5.41) is 3.36. The molecule has 1 unspecified atom stereocenters. The number of carbonyl (C=O) groups is 1. The molecule has 0 radical (unpaired) electrons. The van der Waals surface area contributed by atoms with Crippen molar-refractivity contribution in [2.75, 3.05) is 39.8 Å². The Kier molecular flexibility index (Phi) is 8.10. The molecule has 2 saturated heterocycles. The van der Waals surface area contributed by atoms with Crippen LogP contribution in [-0.2, 0) is 4.79 Å². The SMILES string of the molecule is CN=C(NCCC(=O)N1CCCC(C)C1)N1CCC(C)(C)C1.I. The second-order valence-corrected chi connectivity index (χ2v) is 7.65. The molecule has 1 amide bonds. The van der Waals surface area contributed by atoms with Crippen molar-refractivity contribution in [1.82, 2.24) is 15.1 Å². The number of amides is 1. The fourth-order valence-electron chi connectivity index (χ4n) is 3.48. The highest BCUT2D eigenvalue weighted by molar-refractivity contribution is 14.0. The summed E-state index contributed by atoms with van der Waals surface area (Å²) in [4.78, 5) is 21.0. The topological polar surface area (TPSA) is 47.9 Å². The largest absolute Gasteiger partial charge is 0.356 e. The molecule has 1 N–H and O–H groups in total. The maximum absolute atomic E-state index is 12.3. The van der Waals surface area contributed by atoms with E-state index in [9.17, 15) is 4.79 Å². The molecule has 0 spiro atoms. The van der Waals surface area contributed by atoms with Gasteiger partial charge in [0.2, 0.25) is 5.91 Å². The Balaban J connectivity index is 0.00000264. The smallest absolute Gasteiger partial charge is 0.224 e. The fourth-order valence-corrected chi connectivity index (χ4v) is 3.48. The van der Waals surface area contributed by atoms with Crippen LogP contribution in [0.3, 0.4) is 0 Å². The van der Waals surface area contributed by atoms with Gasteiger partial charge in [0.15, 0.2) is 5.96 Å². The van der Waals surface area contributed by atoms with Crippen LogP contribution in [0, 0.1) is 11.3 Å². The molecule has 2 heterocycles.